The molecule has 2 fully saturated rings. The lowest BCUT2D eigenvalue weighted by molar-refractivity contribution is -0.139. The molecule has 19 heavy (non-hydrogen) atoms. The number of carbonyl (C=O) groups excluding carboxylic acids is 1. The smallest absolute Gasteiger partial charge is 0.228 e. The Morgan fingerprint density at radius 3 is 2.21 bits per heavy atom. The summed E-state index contributed by atoms with van der Waals surface area (Å²) in [5.41, 5.74) is 0. The van der Waals surface area contributed by atoms with E-state index in [1.807, 2.05) is 25.7 Å². The van der Waals surface area contributed by atoms with E-state index in [1.165, 1.54) is 0 Å². The van der Waals surface area contributed by atoms with Gasteiger partial charge < -0.3 is 14.7 Å². The fourth-order valence-corrected chi connectivity index (χ4v) is 3.51. The first-order chi connectivity index (χ1) is 8.91. The predicted molar refractivity (Wildman–Crippen MR) is 73.6 cm³/mol. The molecule has 2 aliphatic rings. The zero-order chi connectivity index (χ0) is 14.2. The van der Waals surface area contributed by atoms with Crippen LogP contribution in [0.4, 0.5) is 0 Å². The second-order valence-electron chi connectivity index (χ2n) is 6.33. The normalized spacial score (nSPS) is 38.5. The number of hydrogen-bond donors (Lipinski definition) is 1. The highest BCUT2D eigenvalue weighted by atomic mass is 16.5. The number of nitrogens with zero attached hydrogens (tertiary/aromatic N) is 1. The highest BCUT2D eigenvalue weighted by Gasteiger charge is 2.43. The topological polar surface area (TPSA) is 49.8 Å². The molecular formula is C15H27NO3. The first-order valence-corrected chi connectivity index (χ1v) is 7.54. The lowest BCUT2D eigenvalue weighted by atomic mass is 9.86. The van der Waals surface area contributed by atoms with Crippen LogP contribution in [-0.2, 0) is 9.53 Å². The van der Waals surface area contributed by atoms with Crippen LogP contribution in [0.3, 0.4) is 0 Å². The molecule has 0 aromatic heterocycles. The van der Waals surface area contributed by atoms with Crippen molar-refractivity contribution in [2.75, 3.05) is 13.1 Å². The van der Waals surface area contributed by atoms with Gasteiger partial charge in [0.25, 0.3) is 0 Å². The van der Waals surface area contributed by atoms with Crippen LogP contribution in [0, 0.1) is 17.8 Å². The first-order valence-electron chi connectivity index (χ1n) is 7.54. The molecule has 0 saturated carbocycles. The summed E-state index contributed by atoms with van der Waals surface area (Å²) >= 11 is 0. The van der Waals surface area contributed by atoms with Gasteiger partial charge in [-0.2, -0.15) is 0 Å². The minimum absolute atomic E-state index is 0.00176. The summed E-state index contributed by atoms with van der Waals surface area (Å²) in [4.78, 5) is 14.6. The Balaban J connectivity index is 1.94. The second-order valence-corrected chi connectivity index (χ2v) is 6.33. The molecule has 2 heterocycles. The highest BCUT2D eigenvalue weighted by Crippen LogP contribution is 2.34. The Labute approximate surface area is 116 Å². The zero-order valence-corrected chi connectivity index (χ0v) is 12.5. The number of likely N-dealkylation sites (tertiary alicyclic amines) is 1. The Kier molecular flexibility index (Phi) is 4.51. The van der Waals surface area contributed by atoms with Gasteiger partial charge in [-0.05, 0) is 45.4 Å². The van der Waals surface area contributed by atoms with Crippen LogP contribution in [0.15, 0.2) is 0 Å². The molecule has 4 nitrogen and oxygen atoms in total. The third-order valence-electron chi connectivity index (χ3n) is 5.06. The van der Waals surface area contributed by atoms with E-state index >= 15 is 0 Å². The van der Waals surface area contributed by atoms with Crippen molar-refractivity contribution in [1.82, 2.24) is 4.90 Å². The van der Waals surface area contributed by atoms with Gasteiger partial charge in [0.15, 0.2) is 0 Å². The van der Waals surface area contributed by atoms with Crippen LogP contribution in [0.25, 0.3) is 0 Å². The van der Waals surface area contributed by atoms with Crippen LogP contribution < -0.4 is 0 Å². The van der Waals surface area contributed by atoms with Crippen molar-refractivity contribution in [3.8, 4) is 0 Å². The van der Waals surface area contributed by atoms with Crippen LogP contribution >= 0.6 is 0 Å². The van der Waals surface area contributed by atoms with Gasteiger partial charge in [0.1, 0.15) is 0 Å². The number of carbonyl (C=O) groups is 1. The van der Waals surface area contributed by atoms with Crippen molar-refractivity contribution >= 4 is 5.91 Å². The van der Waals surface area contributed by atoms with E-state index in [-0.39, 0.29) is 36.1 Å². The molecule has 0 aromatic carbocycles. The lowest BCUT2D eigenvalue weighted by Gasteiger charge is -2.35. The summed E-state index contributed by atoms with van der Waals surface area (Å²) in [5, 5.41) is 9.61. The molecule has 1 N–H and O–H groups in total. The number of piperidine rings is 1. The van der Waals surface area contributed by atoms with Gasteiger partial charge in [0.2, 0.25) is 5.91 Å². The fourth-order valence-electron chi connectivity index (χ4n) is 3.51. The van der Waals surface area contributed by atoms with Gasteiger partial charge >= 0.3 is 0 Å². The Bertz CT molecular complexity index is 323. The number of amides is 1. The lowest BCUT2D eigenvalue weighted by Crippen LogP contribution is -2.46. The van der Waals surface area contributed by atoms with E-state index in [2.05, 4.69) is 6.92 Å². The first kappa shape index (κ1) is 14.8. The van der Waals surface area contributed by atoms with Gasteiger partial charge in [-0.1, -0.05) is 6.92 Å². The maximum absolute atomic E-state index is 12.6. The Hall–Kier alpha value is -0.610. The average Bonchev–Trinajstić information content (AvgIpc) is 2.62. The molecule has 2 rings (SSSR count). The largest absolute Gasteiger partial charge is 0.393 e. The molecule has 1 amide bonds. The number of aliphatic hydroxyl groups excluding tert-OH is 1. The number of aliphatic hydroxyl groups is 1. The summed E-state index contributed by atoms with van der Waals surface area (Å²) in [6.45, 7) is 9.56. The molecule has 2 aliphatic heterocycles. The molecule has 110 valence electrons. The molecule has 0 radical (unpaired) electrons. The van der Waals surface area contributed by atoms with Crippen LogP contribution in [0.5, 0.6) is 0 Å². The molecule has 5 atom stereocenters. The average molecular weight is 269 g/mol. The van der Waals surface area contributed by atoms with E-state index in [0.717, 1.165) is 25.9 Å². The summed E-state index contributed by atoms with van der Waals surface area (Å²) in [5.74, 6) is 0.876. The number of ether oxygens (including phenoxy) is 1. The maximum Gasteiger partial charge on any atom is 0.228 e. The highest BCUT2D eigenvalue weighted by molar-refractivity contribution is 5.80. The zero-order valence-electron chi connectivity index (χ0n) is 12.5. The third kappa shape index (κ3) is 2.95. The molecule has 0 aromatic rings. The van der Waals surface area contributed by atoms with Crippen LogP contribution in [0.1, 0.15) is 40.5 Å². The number of hydrogen-bond acceptors (Lipinski definition) is 3. The van der Waals surface area contributed by atoms with Crippen molar-refractivity contribution in [1.29, 1.82) is 0 Å². The molecule has 0 aliphatic carbocycles. The standard InChI is InChI=1S/C15H27NO3/c1-9-11(3)19-12(4)14(9)15(18)16-7-5-13(6-8-16)10(2)17/h9-14,17H,5-8H2,1-4H3. The minimum atomic E-state index is -0.259. The van der Waals surface area contributed by atoms with Gasteiger partial charge in [-0.15, -0.1) is 0 Å². The Morgan fingerprint density at radius 2 is 1.79 bits per heavy atom. The molecule has 4 heteroatoms. The molecule has 2 saturated heterocycles. The van der Waals surface area contributed by atoms with Crippen molar-refractivity contribution < 1.29 is 14.6 Å². The monoisotopic (exact) mass is 269 g/mol. The third-order valence-corrected chi connectivity index (χ3v) is 5.06. The summed E-state index contributed by atoms with van der Waals surface area (Å²) in [6, 6.07) is 0. The predicted octanol–water partition coefficient (Wildman–Crippen LogP) is 1.67. The van der Waals surface area contributed by atoms with Gasteiger partial charge in [-0.25, -0.2) is 0 Å². The fraction of sp³-hybridized carbons (Fsp3) is 0.933. The summed E-state index contributed by atoms with van der Waals surface area (Å²) < 4.78 is 5.77. The summed E-state index contributed by atoms with van der Waals surface area (Å²) in [6.07, 6.45) is 1.75. The van der Waals surface area contributed by atoms with Gasteiger partial charge in [-0.3, -0.25) is 4.79 Å². The molecular weight excluding hydrogens is 242 g/mol. The van der Waals surface area contributed by atoms with E-state index in [4.69, 9.17) is 4.74 Å². The quantitative estimate of drug-likeness (QED) is 0.829. The molecule has 0 spiro atoms. The van der Waals surface area contributed by atoms with Gasteiger partial charge in [0.05, 0.1) is 24.2 Å². The van der Waals surface area contributed by atoms with Crippen molar-refractivity contribution in [3.05, 3.63) is 0 Å². The SMILES string of the molecule is CC(O)C1CCN(C(=O)C2C(C)OC(C)C2C)CC1. The van der Waals surface area contributed by atoms with E-state index in [1.54, 1.807) is 0 Å². The van der Waals surface area contributed by atoms with Crippen LogP contribution in [-0.4, -0.2) is 47.3 Å². The maximum atomic E-state index is 12.6. The van der Waals surface area contributed by atoms with E-state index in [9.17, 15) is 9.90 Å². The second kappa shape index (κ2) is 5.80. The van der Waals surface area contributed by atoms with E-state index in [0.29, 0.717) is 5.92 Å². The van der Waals surface area contributed by atoms with Crippen molar-refractivity contribution in [3.63, 3.8) is 0 Å². The summed E-state index contributed by atoms with van der Waals surface area (Å²) in [7, 11) is 0. The van der Waals surface area contributed by atoms with E-state index < -0.39 is 0 Å². The Morgan fingerprint density at radius 1 is 1.21 bits per heavy atom. The van der Waals surface area contributed by atoms with Crippen molar-refractivity contribution in [2.45, 2.75) is 58.8 Å². The number of rotatable bonds is 2. The minimum Gasteiger partial charge on any atom is -0.393 e. The molecule has 5 unspecified atom stereocenters. The van der Waals surface area contributed by atoms with Gasteiger partial charge in [0, 0.05) is 13.1 Å². The van der Waals surface area contributed by atoms with Crippen LogP contribution in [0.2, 0.25) is 0 Å². The van der Waals surface area contributed by atoms with Crippen molar-refractivity contribution in [2.24, 2.45) is 17.8 Å². The molecule has 0 bridgehead atoms.